The van der Waals surface area contributed by atoms with Gasteiger partial charge in [0.05, 0.1) is 18.9 Å². The zero-order chi connectivity index (χ0) is 18.1. The summed E-state index contributed by atoms with van der Waals surface area (Å²) in [6.45, 7) is 2.75. The zero-order valence-electron chi connectivity index (χ0n) is 14.3. The number of nitrogens with zero attached hydrogens (tertiary/aromatic N) is 1. The minimum atomic E-state index is -0.919. The maximum atomic E-state index is 11.8. The van der Waals surface area contributed by atoms with Gasteiger partial charge in [0.1, 0.15) is 9.88 Å². The van der Waals surface area contributed by atoms with Crippen molar-refractivity contribution in [2.75, 3.05) is 36.9 Å². The van der Waals surface area contributed by atoms with E-state index in [1.807, 2.05) is 18.2 Å². The van der Waals surface area contributed by atoms with E-state index in [0.29, 0.717) is 35.8 Å². The summed E-state index contributed by atoms with van der Waals surface area (Å²) in [4.78, 5) is 14.2. The van der Waals surface area contributed by atoms with Crippen LogP contribution >= 0.6 is 11.3 Å². The number of hydrogen-bond acceptors (Lipinski definition) is 5. The van der Waals surface area contributed by atoms with E-state index >= 15 is 0 Å². The Morgan fingerprint density at radius 2 is 1.88 bits per heavy atom. The molecule has 0 spiro atoms. The van der Waals surface area contributed by atoms with Crippen molar-refractivity contribution in [3.63, 3.8) is 0 Å². The third-order valence-corrected chi connectivity index (χ3v) is 6.01. The van der Waals surface area contributed by atoms with E-state index in [1.165, 1.54) is 16.7 Å². The van der Waals surface area contributed by atoms with Gasteiger partial charge in [-0.3, -0.25) is 0 Å². The number of rotatable bonds is 4. The van der Waals surface area contributed by atoms with Gasteiger partial charge >= 0.3 is 5.97 Å². The van der Waals surface area contributed by atoms with Crippen molar-refractivity contribution in [2.45, 2.75) is 6.42 Å². The van der Waals surface area contributed by atoms with Gasteiger partial charge in [-0.25, -0.2) is 4.79 Å². The molecule has 0 atom stereocenters. The number of nitrogens with two attached hydrogens (primary N) is 1. The van der Waals surface area contributed by atoms with E-state index in [1.54, 1.807) is 0 Å². The molecule has 1 fully saturated rings. The molecule has 26 heavy (non-hydrogen) atoms. The van der Waals surface area contributed by atoms with Gasteiger partial charge in [0, 0.05) is 25.1 Å². The second-order valence-electron chi connectivity index (χ2n) is 6.39. The highest BCUT2D eigenvalue weighted by atomic mass is 32.1. The van der Waals surface area contributed by atoms with E-state index in [9.17, 15) is 9.90 Å². The Labute approximate surface area is 155 Å². The molecule has 0 aliphatic carbocycles. The maximum Gasteiger partial charge on any atom is 0.346 e. The summed E-state index contributed by atoms with van der Waals surface area (Å²) in [5.41, 5.74) is 8.75. The van der Waals surface area contributed by atoms with Crippen LogP contribution in [0.1, 0.15) is 20.8 Å². The molecule has 1 aliphatic rings. The fourth-order valence-electron chi connectivity index (χ4n) is 3.37. The van der Waals surface area contributed by atoms with Crippen LogP contribution in [0.25, 0.3) is 10.8 Å². The van der Waals surface area contributed by atoms with Crippen LogP contribution in [0.5, 0.6) is 0 Å². The van der Waals surface area contributed by atoms with Gasteiger partial charge in [-0.05, 0) is 16.3 Å². The summed E-state index contributed by atoms with van der Waals surface area (Å²) in [6, 6.07) is 14.4. The molecule has 3 N–H and O–H groups in total. The van der Waals surface area contributed by atoms with Crippen LogP contribution in [0.15, 0.2) is 42.5 Å². The third kappa shape index (κ3) is 3.13. The number of nitrogen functional groups attached to an aromatic ring is 1. The molecule has 0 radical (unpaired) electrons. The van der Waals surface area contributed by atoms with E-state index in [0.717, 1.165) is 29.0 Å². The number of carboxylic acids is 1. The van der Waals surface area contributed by atoms with Crippen molar-refractivity contribution in [1.29, 1.82) is 0 Å². The first kappa shape index (κ1) is 16.9. The third-order valence-electron chi connectivity index (χ3n) is 4.72. The van der Waals surface area contributed by atoms with Crippen molar-refractivity contribution in [2.24, 2.45) is 0 Å². The molecule has 1 saturated heterocycles. The summed E-state index contributed by atoms with van der Waals surface area (Å²) in [5, 5.41) is 12.8. The lowest BCUT2D eigenvalue weighted by molar-refractivity contribution is 0.0701. The highest BCUT2D eigenvalue weighted by molar-refractivity contribution is 7.18. The molecular weight excluding hydrogens is 348 g/mol. The Kier molecular flexibility index (Phi) is 4.53. The monoisotopic (exact) mass is 368 g/mol. The molecule has 1 aliphatic heterocycles. The Morgan fingerprint density at radius 3 is 2.62 bits per heavy atom. The number of ether oxygens (including phenoxy) is 1. The molecule has 3 aromatic rings. The maximum absolute atomic E-state index is 11.8. The Morgan fingerprint density at radius 1 is 1.15 bits per heavy atom. The molecule has 2 aromatic carbocycles. The predicted molar refractivity (Wildman–Crippen MR) is 105 cm³/mol. The van der Waals surface area contributed by atoms with Crippen LogP contribution in [0.3, 0.4) is 0 Å². The fraction of sp³-hybridized carbons (Fsp3) is 0.250. The van der Waals surface area contributed by atoms with Gasteiger partial charge in [-0.1, -0.05) is 42.5 Å². The minimum Gasteiger partial charge on any atom is -0.477 e. The molecule has 0 saturated carbocycles. The fourth-order valence-corrected chi connectivity index (χ4v) is 4.50. The topological polar surface area (TPSA) is 75.8 Å². The SMILES string of the molecule is Nc1c(N2CCOCC2)sc(C(=O)O)c1Cc1ccc2ccccc2c1. The van der Waals surface area contributed by atoms with E-state index in [2.05, 4.69) is 29.2 Å². The van der Waals surface area contributed by atoms with Crippen molar-refractivity contribution in [1.82, 2.24) is 0 Å². The van der Waals surface area contributed by atoms with Crippen molar-refractivity contribution < 1.29 is 14.6 Å². The van der Waals surface area contributed by atoms with Crippen LogP contribution < -0.4 is 10.6 Å². The summed E-state index contributed by atoms with van der Waals surface area (Å²) in [6.07, 6.45) is 0.513. The molecule has 4 rings (SSSR count). The largest absolute Gasteiger partial charge is 0.477 e. The number of thiophene rings is 1. The molecule has 0 amide bonds. The van der Waals surface area contributed by atoms with Crippen molar-refractivity contribution in [3.05, 3.63) is 58.5 Å². The summed E-state index contributed by atoms with van der Waals surface area (Å²) in [5.74, 6) is -0.919. The number of morpholine rings is 1. The number of carbonyl (C=O) groups is 1. The average molecular weight is 368 g/mol. The smallest absolute Gasteiger partial charge is 0.346 e. The highest BCUT2D eigenvalue weighted by Crippen LogP contribution is 2.40. The molecule has 1 aromatic heterocycles. The molecule has 5 nitrogen and oxygen atoms in total. The van der Waals surface area contributed by atoms with Crippen LogP contribution in [0.2, 0.25) is 0 Å². The molecule has 134 valence electrons. The van der Waals surface area contributed by atoms with Gasteiger partial charge in [-0.15, -0.1) is 11.3 Å². The number of hydrogen-bond donors (Lipinski definition) is 2. The van der Waals surface area contributed by atoms with E-state index < -0.39 is 5.97 Å². The summed E-state index contributed by atoms with van der Waals surface area (Å²) < 4.78 is 5.39. The first-order valence-corrected chi connectivity index (χ1v) is 9.40. The van der Waals surface area contributed by atoms with Gasteiger partial charge < -0.3 is 20.5 Å². The predicted octanol–water partition coefficient (Wildman–Crippen LogP) is 3.61. The van der Waals surface area contributed by atoms with Crippen LogP contribution in [0.4, 0.5) is 10.7 Å². The standard InChI is InChI=1S/C20H20N2O3S/c21-17-16(12-13-5-6-14-3-1-2-4-15(14)11-13)18(20(23)24)26-19(17)22-7-9-25-10-8-22/h1-6,11H,7-10,12,21H2,(H,23,24). The van der Waals surface area contributed by atoms with Gasteiger partial charge in [0.25, 0.3) is 0 Å². The number of benzene rings is 2. The summed E-state index contributed by atoms with van der Waals surface area (Å²) in [7, 11) is 0. The molecule has 6 heteroatoms. The van der Waals surface area contributed by atoms with Crippen LogP contribution in [0, 0.1) is 0 Å². The van der Waals surface area contributed by atoms with Crippen molar-refractivity contribution >= 4 is 38.8 Å². The number of aromatic carboxylic acids is 1. The van der Waals surface area contributed by atoms with Crippen LogP contribution in [-0.4, -0.2) is 37.4 Å². The summed E-state index contributed by atoms with van der Waals surface area (Å²) >= 11 is 1.27. The lowest BCUT2D eigenvalue weighted by Gasteiger charge is -2.28. The molecule has 0 unspecified atom stereocenters. The Hall–Kier alpha value is -2.57. The van der Waals surface area contributed by atoms with E-state index in [-0.39, 0.29) is 0 Å². The van der Waals surface area contributed by atoms with Gasteiger partial charge in [0.2, 0.25) is 0 Å². The quantitative estimate of drug-likeness (QED) is 0.736. The van der Waals surface area contributed by atoms with Gasteiger partial charge in [0.15, 0.2) is 0 Å². The minimum absolute atomic E-state index is 0.331. The second-order valence-corrected chi connectivity index (χ2v) is 7.39. The Bertz CT molecular complexity index is 961. The highest BCUT2D eigenvalue weighted by Gasteiger charge is 2.25. The van der Waals surface area contributed by atoms with E-state index in [4.69, 9.17) is 10.5 Å². The Balaban J connectivity index is 1.71. The van der Waals surface area contributed by atoms with Crippen LogP contribution in [-0.2, 0) is 11.2 Å². The van der Waals surface area contributed by atoms with Gasteiger partial charge in [-0.2, -0.15) is 0 Å². The number of anilines is 2. The van der Waals surface area contributed by atoms with Crippen molar-refractivity contribution in [3.8, 4) is 0 Å². The number of fused-ring (bicyclic) bond motifs is 1. The first-order valence-electron chi connectivity index (χ1n) is 8.58. The second kappa shape index (κ2) is 6.97. The zero-order valence-corrected chi connectivity index (χ0v) is 15.1. The lowest BCUT2D eigenvalue weighted by Crippen LogP contribution is -2.36. The lowest BCUT2D eigenvalue weighted by atomic mass is 10.0. The molecule has 2 heterocycles. The number of carboxylic acid groups (broad SMARTS) is 1. The normalized spacial score (nSPS) is 14.7. The molecule has 0 bridgehead atoms. The molecular formula is C20H20N2O3S. The first-order chi connectivity index (χ1) is 12.6. The average Bonchev–Trinajstić information content (AvgIpc) is 2.99.